The van der Waals surface area contributed by atoms with Gasteiger partial charge in [-0.2, -0.15) is 0 Å². The Kier molecular flexibility index (Phi) is 2.64. The average molecular weight is 263 g/mol. The zero-order chi connectivity index (χ0) is 8.27. The Labute approximate surface area is 77.3 Å². The minimum absolute atomic E-state index is 0.0291. The van der Waals surface area contributed by atoms with Crippen molar-refractivity contribution in [3.63, 3.8) is 0 Å². The Bertz CT molecular complexity index is 270. The van der Waals surface area contributed by atoms with Crippen LogP contribution in [0.25, 0.3) is 0 Å². The van der Waals surface area contributed by atoms with Gasteiger partial charge in [-0.25, -0.2) is 0 Å². The molecular weight excluding hydrogens is 257 g/mol. The third kappa shape index (κ3) is 2.04. The van der Waals surface area contributed by atoms with E-state index in [1.165, 1.54) is 0 Å². The molecule has 0 aromatic carbocycles. The zero-order valence-electron chi connectivity index (χ0n) is 5.53. The first-order chi connectivity index (χ1) is 5.24. The number of amidine groups is 1. The highest BCUT2D eigenvalue weighted by Gasteiger charge is 1.98. The minimum Gasteiger partial charge on any atom is -0.409 e. The summed E-state index contributed by atoms with van der Waals surface area (Å²) in [6.45, 7) is 0. The van der Waals surface area contributed by atoms with Gasteiger partial charge in [-0.15, -0.1) is 0 Å². The number of aromatic nitrogens is 1. The molecule has 0 amide bonds. The van der Waals surface area contributed by atoms with Crippen molar-refractivity contribution >= 4 is 28.4 Å². The zero-order valence-corrected chi connectivity index (χ0v) is 7.69. The molecule has 1 rings (SSSR count). The van der Waals surface area contributed by atoms with Gasteiger partial charge in [-0.1, -0.05) is 5.16 Å². The number of nitrogens with zero attached hydrogens (tertiary/aromatic N) is 2. The third-order valence-corrected chi connectivity index (χ3v) is 1.74. The first-order valence-corrected chi connectivity index (χ1v) is 3.91. The van der Waals surface area contributed by atoms with Crippen LogP contribution in [0.5, 0.6) is 0 Å². The predicted octanol–water partition coefficient (Wildman–Crippen LogP) is 0.781. The monoisotopic (exact) mass is 263 g/mol. The number of oxime groups is 1. The highest BCUT2D eigenvalue weighted by atomic mass is 127. The Balaban J connectivity index is 2.99. The maximum Gasteiger partial charge on any atom is 0.188 e. The fraction of sp³-hybridized carbons (Fsp3) is 0. The van der Waals surface area contributed by atoms with E-state index in [2.05, 4.69) is 32.7 Å². The van der Waals surface area contributed by atoms with Crippen molar-refractivity contribution < 1.29 is 5.21 Å². The molecular formula is C6H6IN3O. The van der Waals surface area contributed by atoms with Gasteiger partial charge in [0, 0.05) is 9.77 Å². The van der Waals surface area contributed by atoms with E-state index in [9.17, 15) is 0 Å². The topological polar surface area (TPSA) is 71.5 Å². The molecule has 4 nitrogen and oxygen atoms in total. The Hall–Kier alpha value is -0.850. The fourth-order valence-electron chi connectivity index (χ4n) is 0.579. The molecule has 58 valence electrons. The van der Waals surface area contributed by atoms with Crippen molar-refractivity contribution in [1.29, 1.82) is 0 Å². The Morgan fingerprint density at radius 2 is 2.36 bits per heavy atom. The molecule has 5 heteroatoms. The molecule has 0 aliphatic rings. The van der Waals surface area contributed by atoms with E-state index in [0.29, 0.717) is 5.69 Å². The summed E-state index contributed by atoms with van der Waals surface area (Å²) >= 11 is 2.13. The minimum atomic E-state index is 0.0291. The van der Waals surface area contributed by atoms with Crippen molar-refractivity contribution in [2.75, 3.05) is 0 Å². The Morgan fingerprint density at radius 1 is 1.64 bits per heavy atom. The van der Waals surface area contributed by atoms with Crippen LogP contribution >= 0.6 is 22.6 Å². The van der Waals surface area contributed by atoms with Crippen LogP contribution in [0.2, 0.25) is 0 Å². The smallest absolute Gasteiger partial charge is 0.188 e. The maximum absolute atomic E-state index is 8.28. The maximum atomic E-state index is 8.28. The van der Waals surface area contributed by atoms with E-state index >= 15 is 0 Å². The summed E-state index contributed by atoms with van der Waals surface area (Å²) in [5.41, 5.74) is 5.76. The molecule has 1 aromatic rings. The van der Waals surface area contributed by atoms with E-state index in [0.717, 1.165) is 3.57 Å². The average Bonchev–Trinajstić information content (AvgIpc) is 2.05. The van der Waals surface area contributed by atoms with E-state index in [-0.39, 0.29) is 5.84 Å². The van der Waals surface area contributed by atoms with Crippen LogP contribution in [0, 0.1) is 3.57 Å². The molecule has 3 N–H and O–H groups in total. The molecule has 1 heterocycles. The molecule has 1 aromatic heterocycles. The predicted molar refractivity (Wildman–Crippen MR) is 49.5 cm³/mol. The van der Waals surface area contributed by atoms with Crippen LogP contribution in [-0.2, 0) is 0 Å². The lowest BCUT2D eigenvalue weighted by atomic mass is 10.3. The van der Waals surface area contributed by atoms with Crippen LogP contribution in [-0.4, -0.2) is 16.0 Å². The molecule has 0 bridgehead atoms. The number of nitrogens with two attached hydrogens (primary N) is 1. The third-order valence-electron chi connectivity index (χ3n) is 1.10. The molecule has 0 saturated heterocycles. The molecule has 0 aliphatic heterocycles. The second kappa shape index (κ2) is 3.51. The second-order valence-corrected chi connectivity index (χ2v) is 3.09. The Morgan fingerprint density at radius 3 is 2.82 bits per heavy atom. The summed E-state index contributed by atoms with van der Waals surface area (Å²) in [4.78, 5) is 3.93. The van der Waals surface area contributed by atoms with Crippen molar-refractivity contribution in [2.24, 2.45) is 10.9 Å². The van der Waals surface area contributed by atoms with Crippen molar-refractivity contribution in [2.45, 2.75) is 0 Å². The summed E-state index contributed by atoms with van der Waals surface area (Å²) in [5.74, 6) is 0.0291. The van der Waals surface area contributed by atoms with Gasteiger partial charge >= 0.3 is 0 Å². The molecule has 0 saturated carbocycles. The molecule has 0 spiro atoms. The van der Waals surface area contributed by atoms with Gasteiger partial charge in [0.1, 0.15) is 5.69 Å². The number of hydrogen-bond donors (Lipinski definition) is 2. The summed E-state index contributed by atoms with van der Waals surface area (Å²) in [7, 11) is 0. The lowest BCUT2D eigenvalue weighted by Gasteiger charge is -1.95. The van der Waals surface area contributed by atoms with E-state index in [1.54, 1.807) is 12.3 Å². The van der Waals surface area contributed by atoms with Gasteiger partial charge in [0.25, 0.3) is 0 Å². The highest BCUT2D eigenvalue weighted by molar-refractivity contribution is 14.1. The molecule has 0 atom stereocenters. The lowest BCUT2D eigenvalue weighted by molar-refractivity contribution is 0.318. The van der Waals surface area contributed by atoms with Crippen molar-refractivity contribution in [1.82, 2.24) is 4.98 Å². The molecule has 0 fully saturated rings. The summed E-state index contributed by atoms with van der Waals surface area (Å²) in [6, 6.07) is 3.53. The van der Waals surface area contributed by atoms with Crippen LogP contribution in [0.3, 0.4) is 0 Å². The van der Waals surface area contributed by atoms with Crippen LogP contribution in [0.15, 0.2) is 23.5 Å². The lowest BCUT2D eigenvalue weighted by Crippen LogP contribution is -2.14. The first-order valence-electron chi connectivity index (χ1n) is 2.83. The van der Waals surface area contributed by atoms with E-state index in [1.807, 2.05) is 6.07 Å². The van der Waals surface area contributed by atoms with Gasteiger partial charge in [0.05, 0.1) is 0 Å². The first kappa shape index (κ1) is 8.25. The van der Waals surface area contributed by atoms with Gasteiger partial charge in [-0.05, 0) is 34.7 Å². The van der Waals surface area contributed by atoms with Gasteiger partial charge < -0.3 is 10.9 Å². The number of hydrogen-bond acceptors (Lipinski definition) is 3. The molecule has 11 heavy (non-hydrogen) atoms. The largest absolute Gasteiger partial charge is 0.409 e. The quantitative estimate of drug-likeness (QED) is 0.258. The molecule has 0 radical (unpaired) electrons. The number of rotatable bonds is 1. The van der Waals surface area contributed by atoms with Gasteiger partial charge in [-0.3, -0.25) is 4.98 Å². The molecule has 0 unspecified atom stereocenters. The molecule has 0 aliphatic carbocycles. The SMILES string of the molecule is N/C(=N\O)c1ccc(I)cn1. The van der Waals surface area contributed by atoms with Gasteiger partial charge in [0.2, 0.25) is 0 Å². The normalized spacial score (nSPS) is 11.5. The van der Waals surface area contributed by atoms with Crippen molar-refractivity contribution in [3.05, 3.63) is 27.6 Å². The van der Waals surface area contributed by atoms with Crippen molar-refractivity contribution in [3.8, 4) is 0 Å². The summed E-state index contributed by atoms with van der Waals surface area (Å²) < 4.78 is 1.01. The number of pyridine rings is 1. The standard InChI is InChI=1S/C6H6IN3O/c7-4-1-2-5(9-3-4)6(8)10-11/h1-3,11H,(H2,8,10). The fourth-order valence-corrected chi connectivity index (χ4v) is 0.898. The van der Waals surface area contributed by atoms with Crippen LogP contribution in [0.4, 0.5) is 0 Å². The number of halogens is 1. The second-order valence-electron chi connectivity index (χ2n) is 1.85. The highest BCUT2D eigenvalue weighted by Crippen LogP contribution is 2.02. The van der Waals surface area contributed by atoms with Gasteiger partial charge in [0.15, 0.2) is 5.84 Å². The summed E-state index contributed by atoms with van der Waals surface area (Å²) in [6.07, 6.45) is 1.65. The van der Waals surface area contributed by atoms with Crippen LogP contribution < -0.4 is 5.73 Å². The van der Waals surface area contributed by atoms with Crippen LogP contribution in [0.1, 0.15) is 5.69 Å². The summed E-state index contributed by atoms with van der Waals surface area (Å²) in [5, 5.41) is 11.1. The van der Waals surface area contributed by atoms with E-state index < -0.39 is 0 Å². The van der Waals surface area contributed by atoms with E-state index in [4.69, 9.17) is 10.9 Å².